The number of imidazole rings is 1. The number of hydrogen-bond donors (Lipinski definition) is 2. The fourth-order valence-electron chi connectivity index (χ4n) is 3.58. The molecule has 0 aliphatic rings. The summed E-state index contributed by atoms with van der Waals surface area (Å²) in [5.74, 6) is 1.65. The summed E-state index contributed by atoms with van der Waals surface area (Å²) in [6.07, 6.45) is 1.55. The van der Waals surface area contributed by atoms with Crippen LogP contribution in [0.1, 0.15) is 36.8 Å². The molecule has 4 rings (SSSR count). The molecule has 164 valence electrons. The van der Waals surface area contributed by atoms with E-state index in [-0.39, 0.29) is 11.3 Å². The average molecular weight is 430 g/mol. The summed E-state index contributed by atoms with van der Waals surface area (Å²) in [6.45, 7) is 6.59. The Morgan fingerprint density at radius 3 is 2.53 bits per heavy atom. The van der Waals surface area contributed by atoms with Crippen LogP contribution in [-0.2, 0) is 12.5 Å². The number of fused-ring (bicyclic) bond motifs is 1. The Morgan fingerprint density at radius 1 is 1.03 bits per heavy atom. The number of amides is 1. The Kier molecular flexibility index (Phi) is 5.57. The van der Waals surface area contributed by atoms with Crippen molar-refractivity contribution in [3.63, 3.8) is 0 Å². The van der Waals surface area contributed by atoms with Crippen LogP contribution in [0.25, 0.3) is 11.0 Å². The van der Waals surface area contributed by atoms with E-state index in [1.54, 1.807) is 25.4 Å². The molecule has 0 spiro atoms. The van der Waals surface area contributed by atoms with Crippen molar-refractivity contribution in [2.75, 3.05) is 12.4 Å². The summed E-state index contributed by atoms with van der Waals surface area (Å²) in [4.78, 5) is 20.7. The monoisotopic (exact) mass is 429 g/mol. The van der Waals surface area contributed by atoms with Crippen LogP contribution in [0.5, 0.6) is 11.5 Å². The van der Waals surface area contributed by atoms with Gasteiger partial charge in [0.2, 0.25) is 5.95 Å². The van der Waals surface area contributed by atoms with Gasteiger partial charge in [0.25, 0.3) is 5.91 Å². The summed E-state index contributed by atoms with van der Waals surface area (Å²) < 4.78 is 7.99. The van der Waals surface area contributed by atoms with Crippen LogP contribution in [0.15, 0.2) is 60.8 Å². The largest absolute Gasteiger partial charge is 0.457 e. The van der Waals surface area contributed by atoms with Crippen molar-refractivity contribution in [1.82, 2.24) is 19.9 Å². The zero-order valence-corrected chi connectivity index (χ0v) is 18.9. The molecule has 0 radical (unpaired) electrons. The molecule has 0 aliphatic heterocycles. The minimum atomic E-state index is -0.262. The highest BCUT2D eigenvalue weighted by Crippen LogP contribution is 2.32. The number of nitrogens with one attached hydrogen (secondary N) is 2. The van der Waals surface area contributed by atoms with E-state index in [2.05, 4.69) is 54.6 Å². The van der Waals surface area contributed by atoms with Crippen LogP contribution >= 0.6 is 0 Å². The minimum absolute atomic E-state index is 0.00721. The first-order valence-corrected chi connectivity index (χ1v) is 10.5. The first-order chi connectivity index (χ1) is 15.3. The van der Waals surface area contributed by atoms with Gasteiger partial charge in [-0.05, 0) is 35.2 Å². The van der Waals surface area contributed by atoms with Gasteiger partial charge in [0, 0.05) is 38.1 Å². The summed E-state index contributed by atoms with van der Waals surface area (Å²) in [7, 11) is 3.55. The second-order valence-electron chi connectivity index (χ2n) is 8.62. The van der Waals surface area contributed by atoms with Crippen LogP contribution in [0.4, 0.5) is 11.6 Å². The van der Waals surface area contributed by atoms with Crippen molar-refractivity contribution in [1.29, 1.82) is 0 Å². The van der Waals surface area contributed by atoms with Gasteiger partial charge in [-0.25, -0.2) is 4.98 Å². The number of nitrogens with zero attached hydrogens (tertiary/aromatic N) is 3. The Balaban J connectivity index is 1.63. The summed E-state index contributed by atoms with van der Waals surface area (Å²) >= 11 is 0. The number of ether oxygens (including phenoxy) is 1. The molecule has 0 saturated heterocycles. The first kappa shape index (κ1) is 21.4. The van der Waals surface area contributed by atoms with Gasteiger partial charge in [0.15, 0.2) is 0 Å². The summed E-state index contributed by atoms with van der Waals surface area (Å²) in [6, 6.07) is 17.4. The molecule has 32 heavy (non-hydrogen) atoms. The van der Waals surface area contributed by atoms with E-state index in [1.165, 1.54) is 5.56 Å². The zero-order chi connectivity index (χ0) is 22.9. The molecule has 2 aromatic heterocycles. The zero-order valence-electron chi connectivity index (χ0n) is 18.9. The van der Waals surface area contributed by atoms with Crippen LogP contribution < -0.4 is 15.4 Å². The molecule has 0 saturated carbocycles. The quantitative estimate of drug-likeness (QED) is 0.458. The number of para-hydroxylation sites is 1. The predicted molar refractivity (Wildman–Crippen MR) is 127 cm³/mol. The molecule has 1 amide bonds. The molecule has 0 aliphatic carbocycles. The van der Waals surface area contributed by atoms with Crippen LogP contribution in [0.3, 0.4) is 0 Å². The maximum atomic E-state index is 11.8. The van der Waals surface area contributed by atoms with Gasteiger partial charge in [-0.15, -0.1) is 0 Å². The summed E-state index contributed by atoms with van der Waals surface area (Å²) in [5.41, 5.74) is 4.35. The smallest absolute Gasteiger partial charge is 0.269 e. The lowest BCUT2D eigenvalue weighted by Gasteiger charge is -2.23. The molecule has 2 aromatic carbocycles. The Labute approximate surface area is 187 Å². The van der Waals surface area contributed by atoms with Gasteiger partial charge >= 0.3 is 0 Å². The fraction of sp³-hybridized carbons (Fsp3) is 0.240. The number of carbonyl (C=O) groups is 1. The van der Waals surface area contributed by atoms with Crippen molar-refractivity contribution in [3.05, 3.63) is 72.1 Å². The molecule has 2 N–H and O–H groups in total. The molecule has 7 heteroatoms. The predicted octanol–water partition coefficient (Wildman–Crippen LogP) is 5.16. The van der Waals surface area contributed by atoms with Gasteiger partial charge in [0.05, 0.1) is 11.0 Å². The van der Waals surface area contributed by atoms with E-state index >= 15 is 0 Å². The summed E-state index contributed by atoms with van der Waals surface area (Å²) in [5, 5.41) is 6.05. The molecule has 0 fully saturated rings. The number of carbonyl (C=O) groups excluding carboxylic acids is 1. The normalized spacial score (nSPS) is 11.4. The number of pyridine rings is 1. The van der Waals surface area contributed by atoms with Crippen molar-refractivity contribution < 1.29 is 9.53 Å². The SMILES string of the molecule is CNC(=O)c1cc(Oc2ccc3c(c2)nc(Nc2ccccc2C(C)(C)C)n3C)ccn1. The topological polar surface area (TPSA) is 81.1 Å². The van der Waals surface area contributed by atoms with Gasteiger partial charge < -0.3 is 19.9 Å². The first-order valence-electron chi connectivity index (χ1n) is 10.5. The van der Waals surface area contributed by atoms with E-state index < -0.39 is 0 Å². The van der Waals surface area contributed by atoms with Crippen molar-refractivity contribution in [2.45, 2.75) is 26.2 Å². The molecule has 0 atom stereocenters. The highest BCUT2D eigenvalue weighted by molar-refractivity contribution is 5.92. The highest BCUT2D eigenvalue weighted by atomic mass is 16.5. The second kappa shape index (κ2) is 8.34. The van der Waals surface area contributed by atoms with E-state index in [4.69, 9.17) is 9.72 Å². The van der Waals surface area contributed by atoms with E-state index in [0.717, 1.165) is 22.7 Å². The van der Waals surface area contributed by atoms with Gasteiger partial charge in [0.1, 0.15) is 17.2 Å². The highest BCUT2D eigenvalue weighted by Gasteiger charge is 2.19. The van der Waals surface area contributed by atoms with Gasteiger partial charge in [-0.1, -0.05) is 39.0 Å². The third-order valence-corrected chi connectivity index (χ3v) is 5.26. The molecule has 0 unspecified atom stereocenters. The number of benzene rings is 2. The van der Waals surface area contributed by atoms with Crippen LogP contribution in [0.2, 0.25) is 0 Å². The Morgan fingerprint density at radius 2 is 1.78 bits per heavy atom. The standard InChI is InChI=1S/C25H27N5O2/c1-25(2,3)18-8-6-7-9-19(18)28-24-29-20-14-16(10-11-22(20)30(24)5)32-17-12-13-27-21(15-17)23(31)26-4/h6-15H,1-5H3,(H,26,31)(H,28,29). The van der Waals surface area contributed by atoms with E-state index in [9.17, 15) is 4.79 Å². The van der Waals surface area contributed by atoms with Crippen molar-refractivity contribution >= 4 is 28.6 Å². The maximum absolute atomic E-state index is 11.8. The van der Waals surface area contributed by atoms with Crippen LogP contribution in [0, 0.1) is 0 Å². The van der Waals surface area contributed by atoms with Gasteiger partial charge in [-0.2, -0.15) is 0 Å². The molecule has 7 nitrogen and oxygen atoms in total. The lowest BCUT2D eigenvalue weighted by molar-refractivity contribution is 0.0958. The minimum Gasteiger partial charge on any atom is -0.457 e. The molecule has 2 heterocycles. The van der Waals surface area contributed by atoms with Crippen molar-refractivity contribution in [2.24, 2.45) is 7.05 Å². The fourth-order valence-corrected chi connectivity index (χ4v) is 3.58. The lowest BCUT2D eigenvalue weighted by atomic mass is 9.86. The molecular weight excluding hydrogens is 402 g/mol. The van der Waals surface area contributed by atoms with Crippen LogP contribution in [-0.4, -0.2) is 27.5 Å². The number of aryl methyl sites for hydroxylation is 1. The average Bonchev–Trinajstić information content (AvgIpc) is 3.07. The van der Waals surface area contributed by atoms with E-state index in [0.29, 0.717) is 17.2 Å². The van der Waals surface area contributed by atoms with E-state index in [1.807, 2.05) is 35.9 Å². The van der Waals surface area contributed by atoms with Crippen molar-refractivity contribution in [3.8, 4) is 11.5 Å². The molecular formula is C25H27N5O2. The second-order valence-corrected chi connectivity index (χ2v) is 8.62. The third kappa shape index (κ3) is 4.27. The Hall–Kier alpha value is -3.87. The third-order valence-electron chi connectivity index (χ3n) is 5.26. The Bertz CT molecular complexity index is 1290. The molecule has 4 aromatic rings. The number of aromatic nitrogens is 3. The molecule has 0 bridgehead atoms. The number of rotatable bonds is 5. The lowest BCUT2D eigenvalue weighted by Crippen LogP contribution is -2.18. The maximum Gasteiger partial charge on any atom is 0.269 e. The van der Waals surface area contributed by atoms with Gasteiger partial charge in [-0.3, -0.25) is 9.78 Å². The number of anilines is 2. The number of hydrogen-bond acceptors (Lipinski definition) is 5.